The lowest BCUT2D eigenvalue weighted by atomic mass is 10.0. The number of anilines is 2. The topological polar surface area (TPSA) is 508 Å². The van der Waals surface area contributed by atoms with Gasteiger partial charge in [-0.3, -0.25) is 28.0 Å². The Kier molecular flexibility index (Phi) is 15.7. The zero-order valence-electron chi connectivity index (χ0n) is 35.9. The minimum absolute atomic E-state index is 0.0108. The molecule has 8 rings (SSSR count). The van der Waals surface area contributed by atoms with Crippen LogP contribution in [-0.2, 0) is 51.9 Å². The highest BCUT2D eigenvalue weighted by molar-refractivity contribution is 7.61. The van der Waals surface area contributed by atoms with Crippen LogP contribution in [0.3, 0.4) is 0 Å². The molecule has 2 unspecified atom stereocenters. The molecule has 6 aromatic rings. The van der Waals surface area contributed by atoms with Crippen LogP contribution in [0.25, 0.3) is 33.5 Å². The molecule has 386 valence electrons. The zero-order valence-corrected chi connectivity index (χ0v) is 39.4. The van der Waals surface area contributed by atoms with E-state index in [1.54, 1.807) is 0 Å². The monoisotopic (exact) mass is 1080 g/mol. The first-order chi connectivity index (χ1) is 33.1. The molecule has 0 aliphatic carbocycles. The van der Waals surface area contributed by atoms with Gasteiger partial charge in [0.25, 0.3) is 11.5 Å². The van der Waals surface area contributed by atoms with Crippen molar-refractivity contribution >= 4 is 65.5 Å². The number of aromatic amines is 1. The summed E-state index contributed by atoms with van der Waals surface area (Å²) in [5.41, 5.74) is 12.9. The highest BCUT2D eigenvalue weighted by Crippen LogP contribution is 2.58. The highest BCUT2D eigenvalue weighted by atomic mass is 31.3. The van der Waals surface area contributed by atoms with Crippen molar-refractivity contribution in [3.8, 4) is 22.8 Å². The summed E-state index contributed by atoms with van der Waals surface area (Å²) in [5, 5.41) is 54.6. The predicted molar refractivity (Wildman–Crippen MR) is 231 cm³/mol. The molecule has 2 aromatic carbocycles. The Morgan fingerprint density at radius 1 is 0.803 bits per heavy atom. The van der Waals surface area contributed by atoms with E-state index in [1.165, 1.54) is 22.6 Å². The van der Waals surface area contributed by atoms with Crippen LogP contribution >= 0.6 is 31.3 Å². The van der Waals surface area contributed by atoms with Crippen molar-refractivity contribution in [2.45, 2.75) is 55.6 Å². The normalized spacial score (nSPS) is 24.4. The number of nitrogen functional groups attached to an aromatic ring is 2. The van der Waals surface area contributed by atoms with Crippen LogP contribution in [-0.4, -0.2) is 141 Å². The lowest BCUT2D eigenvalue weighted by Crippen LogP contribution is -2.46. The van der Waals surface area contributed by atoms with Gasteiger partial charge in [-0.15, -0.1) is 0 Å². The number of hydrogen-bond acceptors (Lipinski definition) is 23. The number of fused-ring (bicyclic) bond motifs is 2. The number of aliphatic hydroxyl groups excluding tert-OH is 4. The van der Waals surface area contributed by atoms with Gasteiger partial charge in [-0.1, -0.05) is 47.4 Å². The predicted octanol–water partition coefficient (Wildman–Crippen LogP) is -2.51. The van der Waals surface area contributed by atoms with Gasteiger partial charge in [-0.05, 0) is 17.2 Å². The fraction of sp³-hybridized carbons (Fsp3) is 0.353. The quantitative estimate of drug-likeness (QED) is 0.0352. The van der Waals surface area contributed by atoms with Crippen molar-refractivity contribution in [3.63, 3.8) is 0 Å². The molecule has 10 atom stereocenters. The average Bonchev–Trinajstić information content (AvgIpc) is 4.00. The summed E-state index contributed by atoms with van der Waals surface area (Å²) in [6.07, 6.45) is -9.75. The number of nitrogens with zero attached hydrogens (tertiary/aromatic N) is 7. The number of rotatable bonds is 16. The lowest BCUT2D eigenvalue weighted by molar-refractivity contribution is -0.745. The van der Waals surface area contributed by atoms with Gasteiger partial charge >= 0.3 is 36.9 Å². The van der Waals surface area contributed by atoms with E-state index >= 15 is 0 Å². The van der Waals surface area contributed by atoms with Gasteiger partial charge in [-0.2, -0.15) is 13.6 Å². The largest absolute Gasteiger partial charge is 0.856 e. The van der Waals surface area contributed by atoms with E-state index in [0.717, 1.165) is 22.0 Å². The molecule has 6 heterocycles. The van der Waals surface area contributed by atoms with Gasteiger partial charge in [0.2, 0.25) is 12.2 Å². The molecule has 0 spiro atoms. The third-order valence-electron chi connectivity index (χ3n) is 10.3. The number of aliphatic hydroxyl groups is 4. The van der Waals surface area contributed by atoms with Crippen LogP contribution in [0.5, 0.6) is 11.6 Å². The van der Waals surface area contributed by atoms with Gasteiger partial charge in [-0.25, -0.2) is 32.8 Å². The summed E-state index contributed by atoms with van der Waals surface area (Å²) in [4.78, 5) is 83.0. The maximum atomic E-state index is 13.0. The molecule has 0 bridgehead atoms. The van der Waals surface area contributed by atoms with Crippen LogP contribution in [0, 0.1) is 0 Å². The van der Waals surface area contributed by atoms with E-state index in [-0.39, 0.29) is 40.8 Å². The second-order valence-corrected chi connectivity index (χ2v) is 20.8. The summed E-state index contributed by atoms with van der Waals surface area (Å²) in [5.74, 6) is -0.806. The summed E-state index contributed by atoms with van der Waals surface area (Å²) in [7, 11) is -19.6. The van der Waals surface area contributed by atoms with Crippen molar-refractivity contribution < 1.29 is 110 Å². The number of phosphoric ester groups is 2. The number of methoxy groups -OCH3 is 1. The van der Waals surface area contributed by atoms with E-state index in [9.17, 15) is 58.4 Å². The number of imidazole rings is 2. The Bertz CT molecular complexity index is 3170. The van der Waals surface area contributed by atoms with Crippen molar-refractivity contribution in [1.82, 2.24) is 34.1 Å². The number of nitrogens with one attached hydrogen (secondary N) is 1. The van der Waals surface area contributed by atoms with E-state index in [1.807, 2.05) is 48.5 Å². The third kappa shape index (κ3) is 12.5. The van der Waals surface area contributed by atoms with Crippen molar-refractivity contribution in [2.24, 2.45) is 0 Å². The molecule has 71 heavy (non-hydrogen) atoms. The molecule has 2 saturated heterocycles. The van der Waals surface area contributed by atoms with Crippen LogP contribution in [0.1, 0.15) is 18.0 Å². The van der Waals surface area contributed by atoms with Crippen LogP contribution in [0.2, 0.25) is 0 Å². The fourth-order valence-electron chi connectivity index (χ4n) is 7.28. The molecule has 0 radical (unpaired) electrons. The number of H-pyrrole nitrogens is 1. The van der Waals surface area contributed by atoms with Crippen LogP contribution in [0.4, 0.5) is 11.9 Å². The fourth-order valence-corrected chi connectivity index (χ4v) is 10.5. The van der Waals surface area contributed by atoms with Gasteiger partial charge in [0, 0.05) is 11.4 Å². The maximum absolute atomic E-state index is 13.0. The minimum Gasteiger partial charge on any atom is -0.856 e. The van der Waals surface area contributed by atoms with E-state index in [0.29, 0.717) is 11.3 Å². The van der Waals surface area contributed by atoms with Crippen molar-refractivity contribution in [2.75, 3.05) is 31.8 Å². The Balaban J connectivity index is 0.000000229. The first-order valence-electron chi connectivity index (χ1n) is 19.8. The Hall–Kier alpha value is -5.18. The number of phosphoric acid groups is 4. The van der Waals surface area contributed by atoms with Crippen LogP contribution in [0.15, 0.2) is 66.0 Å². The number of nitrogens with two attached hydrogens (primary N) is 2. The Labute approximate surface area is 395 Å². The molecule has 15 N–H and O–H groups in total. The lowest BCUT2D eigenvalue weighted by Gasteiger charge is -2.17. The molecule has 2 aliphatic heterocycles. The van der Waals surface area contributed by atoms with E-state index < -0.39 is 105 Å². The molecular weight excluding hydrogens is 1040 g/mol. The zero-order chi connectivity index (χ0) is 52.0. The second-order valence-electron chi connectivity index (χ2n) is 15.1. The van der Waals surface area contributed by atoms with E-state index in [2.05, 4.69) is 42.6 Å². The summed E-state index contributed by atoms with van der Waals surface area (Å²) in [6, 6.07) is 15.2. The number of aromatic nitrogens is 8. The summed E-state index contributed by atoms with van der Waals surface area (Å²) >= 11 is 0. The summed E-state index contributed by atoms with van der Waals surface area (Å²) in [6.45, 7) is -1.70. The van der Waals surface area contributed by atoms with Gasteiger partial charge < -0.3 is 80.6 Å². The van der Waals surface area contributed by atoms with E-state index in [4.69, 9.17) is 45.3 Å². The molecule has 37 heteroatoms. The number of ether oxygens (including phenoxy) is 3. The highest BCUT2D eigenvalue weighted by Gasteiger charge is 2.49. The Morgan fingerprint density at radius 3 is 2.01 bits per heavy atom. The first-order valence-corrected chi connectivity index (χ1v) is 25.9. The van der Waals surface area contributed by atoms with Gasteiger partial charge in [0.05, 0.1) is 33.2 Å². The van der Waals surface area contributed by atoms with Crippen molar-refractivity contribution in [1.29, 1.82) is 0 Å². The van der Waals surface area contributed by atoms with Crippen LogP contribution < -0.4 is 31.4 Å². The van der Waals surface area contributed by atoms with Gasteiger partial charge in [0.15, 0.2) is 29.2 Å². The molecule has 0 amide bonds. The maximum Gasteiger partial charge on any atom is 0.481 e. The Morgan fingerprint density at radius 2 is 1.41 bits per heavy atom. The smallest absolute Gasteiger partial charge is 0.481 e. The molecule has 33 nitrogen and oxygen atoms in total. The summed E-state index contributed by atoms with van der Waals surface area (Å²) < 4.78 is 81.6. The third-order valence-corrected chi connectivity index (χ3v) is 14.6. The minimum atomic E-state index is -5.39. The molecular formula is C34H42N10O23P4. The molecule has 2 fully saturated rings. The standard InChI is InChI=1S/C24H27N5O12P2.C10H15N5O11P2/c1-38-16-9-14(13-5-3-2-4-6-13)7-8-15(16)10-28-12-29(21-18(28)22(32)27-24(25)26-21)23-20(31)19(30)17(40-23)11-39-43(36,37)41-42(33,34)35;11-10-13-7-4(8(18)14-10)12-2-15(7)9-6(17)5(16)3(25-9)1-24-28(22,23)26-27(19,20)21/h2-9,12,17,19-20,23,30-31H,10-11H2,1H3,(H5-,25,26,27,32,33,34,35,36,37);2-3,5-6,9,16-17H,1H2,(H,22,23)(H2,19,20,21)(H3,11,13,14,18)/t17-,19-,20-,23-;3-,5-,6-,9-/m11/s1. The van der Waals surface area contributed by atoms with Crippen molar-refractivity contribution in [3.05, 3.63) is 77.1 Å². The molecule has 2 aliphatic rings. The second kappa shape index (κ2) is 20.7. The van der Waals surface area contributed by atoms with Gasteiger partial charge in [0.1, 0.15) is 42.4 Å². The average molecular weight is 1080 g/mol. The molecule has 0 saturated carbocycles. The molecule has 4 aromatic heterocycles. The SMILES string of the molecule is COc1cc(-c2ccccc2)ccc1Cn1c[n+]([C@@H]2O[C@H](COP(=O)(O)OP(=O)(O)O)[C@@H](O)[C@H]2O)c2nc(N)nc([O-])c21.Nc1nc2c(ncn2[C@@H]2O[C@H](COP(=O)(O)OP(=O)(O)O)[C@@H](O)[C@H]2O)c(=O)[nH]1. The first kappa shape index (κ1) is 53.6. The number of hydrogen-bond donors (Lipinski definition) is 13. The number of benzene rings is 2.